The van der Waals surface area contributed by atoms with Crippen LogP contribution in [-0.4, -0.2) is 34.6 Å². The van der Waals surface area contributed by atoms with E-state index in [1.807, 2.05) is 39.0 Å². The van der Waals surface area contributed by atoms with Crippen molar-refractivity contribution < 1.29 is 9.53 Å². The molecule has 1 amide bonds. The van der Waals surface area contributed by atoms with Crippen LogP contribution in [0.25, 0.3) is 0 Å². The summed E-state index contributed by atoms with van der Waals surface area (Å²) in [6, 6.07) is 11.2. The molecule has 5 heteroatoms. The van der Waals surface area contributed by atoms with E-state index in [2.05, 4.69) is 22.3 Å². The molecule has 0 aromatic heterocycles. The quantitative estimate of drug-likeness (QED) is 0.484. The Morgan fingerprint density at radius 2 is 1.50 bits per heavy atom. The van der Waals surface area contributed by atoms with Crippen LogP contribution in [0.4, 0.5) is 4.79 Å². The van der Waals surface area contributed by atoms with Crippen LogP contribution >= 0.6 is 0 Å². The number of alkyl carbamates (subject to hydrolysis) is 1. The summed E-state index contributed by atoms with van der Waals surface area (Å²) in [5.41, 5.74) is 0.614. The number of carbonyl (C=O) groups excluding carboxylic acids is 1. The van der Waals surface area contributed by atoms with E-state index in [1.54, 1.807) is 0 Å². The number of nitrogens with zero attached hydrogens (tertiary/aromatic N) is 2. The van der Waals surface area contributed by atoms with Crippen molar-refractivity contribution in [3.05, 3.63) is 35.9 Å². The van der Waals surface area contributed by atoms with Gasteiger partial charge in [0, 0.05) is 12.1 Å². The third-order valence-electron chi connectivity index (χ3n) is 6.05. The fourth-order valence-electron chi connectivity index (χ4n) is 4.69. The summed E-state index contributed by atoms with van der Waals surface area (Å²) in [6.45, 7) is 6.25. The lowest BCUT2D eigenvalue weighted by Crippen LogP contribution is -2.55. The molecule has 0 radical (unpaired) electrons. The molecule has 2 aliphatic rings. The zero-order chi connectivity index (χ0) is 21.4. The summed E-state index contributed by atoms with van der Waals surface area (Å²) in [5, 5.41) is 3.05. The van der Waals surface area contributed by atoms with Gasteiger partial charge in [0.2, 0.25) is 5.96 Å². The number of guanidine groups is 1. The van der Waals surface area contributed by atoms with Crippen LogP contribution in [0, 0.1) is 0 Å². The normalized spacial score (nSPS) is 19.4. The number of amides is 1. The third-order valence-corrected chi connectivity index (χ3v) is 6.05. The average Bonchev–Trinajstić information content (AvgIpc) is 2.73. The Kier molecular flexibility index (Phi) is 8.17. The Morgan fingerprint density at radius 1 is 0.967 bits per heavy atom. The van der Waals surface area contributed by atoms with Gasteiger partial charge in [-0.25, -0.2) is 9.79 Å². The molecule has 3 rings (SSSR count). The van der Waals surface area contributed by atoms with Crippen molar-refractivity contribution >= 4 is 12.1 Å². The molecular formula is C25H39N3O2. The molecule has 166 valence electrons. The molecule has 5 nitrogen and oxygen atoms in total. The van der Waals surface area contributed by atoms with Crippen molar-refractivity contribution in [2.75, 3.05) is 0 Å². The predicted octanol–water partition coefficient (Wildman–Crippen LogP) is 6.03. The molecule has 2 saturated carbocycles. The average molecular weight is 414 g/mol. The molecule has 0 bridgehead atoms. The van der Waals surface area contributed by atoms with Gasteiger partial charge in [0.05, 0.1) is 6.54 Å². The Balaban J connectivity index is 1.86. The van der Waals surface area contributed by atoms with Gasteiger partial charge in [0.1, 0.15) is 5.60 Å². The summed E-state index contributed by atoms with van der Waals surface area (Å²) >= 11 is 0. The van der Waals surface area contributed by atoms with Gasteiger partial charge in [-0.2, -0.15) is 0 Å². The van der Waals surface area contributed by atoms with Crippen LogP contribution in [0.1, 0.15) is 90.5 Å². The van der Waals surface area contributed by atoms with Gasteiger partial charge in [-0.05, 0) is 52.0 Å². The first-order valence-corrected chi connectivity index (χ1v) is 11.8. The van der Waals surface area contributed by atoms with Crippen molar-refractivity contribution in [3.63, 3.8) is 0 Å². The highest BCUT2D eigenvalue weighted by Gasteiger charge is 2.32. The second-order valence-corrected chi connectivity index (χ2v) is 9.74. The lowest BCUT2D eigenvalue weighted by atomic mass is 9.89. The number of nitrogens with one attached hydrogen (secondary N) is 1. The highest BCUT2D eigenvalue weighted by molar-refractivity contribution is 5.94. The smallest absolute Gasteiger partial charge is 0.414 e. The first-order chi connectivity index (χ1) is 14.4. The Hall–Kier alpha value is -2.04. The van der Waals surface area contributed by atoms with E-state index >= 15 is 0 Å². The number of ether oxygens (including phenoxy) is 1. The topological polar surface area (TPSA) is 53.9 Å². The summed E-state index contributed by atoms with van der Waals surface area (Å²) in [6.07, 6.45) is 11.9. The molecule has 1 aromatic carbocycles. The maximum atomic E-state index is 12.7. The highest BCUT2D eigenvalue weighted by atomic mass is 16.6. The number of aliphatic imine (C=N–C) groups is 1. The minimum absolute atomic E-state index is 0.411. The van der Waals surface area contributed by atoms with Crippen LogP contribution < -0.4 is 5.32 Å². The molecule has 30 heavy (non-hydrogen) atoms. The number of carbonyl (C=O) groups is 1. The predicted molar refractivity (Wildman–Crippen MR) is 123 cm³/mol. The molecule has 0 saturated heterocycles. The molecule has 0 spiro atoms. The van der Waals surface area contributed by atoms with E-state index in [9.17, 15) is 4.79 Å². The molecule has 2 fully saturated rings. The maximum absolute atomic E-state index is 12.7. The van der Waals surface area contributed by atoms with E-state index in [-0.39, 0.29) is 0 Å². The monoisotopic (exact) mass is 413 g/mol. The van der Waals surface area contributed by atoms with Gasteiger partial charge in [-0.1, -0.05) is 68.9 Å². The SMILES string of the molecule is CC(C)(C)OC(=O)NC(=NCc1ccccc1)N(C1CCCCC1)C1CCCCC1. The third kappa shape index (κ3) is 7.03. The van der Waals surface area contributed by atoms with Crippen molar-refractivity contribution in [1.82, 2.24) is 10.2 Å². The molecule has 0 aliphatic heterocycles. The molecule has 0 atom stereocenters. The first kappa shape index (κ1) is 22.6. The summed E-state index contributed by atoms with van der Waals surface area (Å²) < 4.78 is 5.59. The number of hydrogen-bond donors (Lipinski definition) is 1. The van der Waals surface area contributed by atoms with E-state index < -0.39 is 11.7 Å². The summed E-state index contributed by atoms with van der Waals surface area (Å²) in [7, 11) is 0. The van der Waals surface area contributed by atoms with Crippen molar-refractivity contribution in [1.29, 1.82) is 0 Å². The van der Waals surface area contributed by atoms with Crippen molar-refractivity contribution in [2.45, 2.75) is 109 Å². The Bertz CT molecular complexity index is 666. The first-order valence-electron chi connectivity index (χ1n) is 11.8. The van der Waals surface area contributed by atoms with Crippen LogP contribution in [0.2, 0.25) is 0 Å². The van der Waals surface area contributed by atoms with Crippen LogP contribution in [0.15, 0.2) is 35.3 Å². The zero-order valence-corrected chi connectivity index (χ0v) is 19.0. The van der Waals surface area contributed by atoms with Gasteiger partial charge in [0.25, 0.3) is 0 Å². The zero-order valence-electron chi connectivity index (χ0n) is 19.0. The highest BCUT2D eigenvalue weighted by Crippen LogP contribution is 2.30. The molecule has 2 aliphatic carbocycles. The fourth-order valence-corrected chi connectivity index (χ4v) is 4.69. The fraction of sp³-hybridized carbons (Fsp3) is 0.680. The minimum atomic E-state index is -0.533. The Morgan fingerprint density at radius 3 is 2.00 bits per heavy atom. The number of benzene rings is 1. The van der Waals surface area contributed by atoms with E-state index in [1.165, 1.54) is 64.2 Å². The second-order valence-electron chi connectivity index (χ2n) is 9.74. The van der Waals surface area contributed by atoms with Crippen molar-refractivity contribution in [2.24, 2.45) is 4.99 Å². The molecular weight excluding hydrogens is 374 g/mol. The molecule has 0 unspecified atom stereocenters. The maximum Gasteiger partial charge on any atom is 0.414 e. The van der Waals surface area contributed by atoms with Gasteiger partial charge in [-0.15, -0.1) is 0 Å². The van der Waals surface area contributed by atoms with Gasteiger partial charge in [0.15, 0.2) is 0 Å². The van der Waals surface area contributed by atoms with Gasteiger partial charge < -0.3 is 9.64 Å². The summed E-state index contributed by atoms with van der Waals surface area (Å²) in [5.74, 6) is 0.701. The van der Waals surface area contributed by atoms with E-state index in [0.29, 0.717) is 24.6 Å². The van der Waals surface area contributed by atoms with Gasteiger partial charge >= 0.3 is 6.09 Å². The number of hydrogen-bond acceptors (Lipinski definition) is 3. The van der Waals surface area contributed by atoms with E-state index in [4.69, 9.17) is 9.73 Å². The van der Waals surface area contributed by atoms with Crippen molar-refractivity contribution in [3.8, 4) is 0 Å². The van der Waals surface area contributed by atoms with Crippen LogP contribution in [-0.2, 0) is 11.3 Å². The lowest BCUT2D eigenvalue weighted by molar-refractivity contribution is 0.0545. The largest absolute Gasteiger partial charge is 0.444 e. The molecule has 1 aromatic rings. The summed E-state index contributed by atoms with van der Waals surface area (Å²) in [4.78, 5) is 20.1. The standard InChI is InChI=1S/C25H39N3O2/c1-25(2,3)30-24(29)27-23(26-19-20-13-7-4-8-14-20)28(21-15-9-5-10-16-21)22-17-11-6-12-18-22/h4,7-8,13-14,21-22H,5-6,9-12,15-19H2,1-3H3,(H,26,27,29). The molecule has 1 N–H and O–H groups in total. The van der Waals surface area contributed by atoms with Crippen LogP contribution in [0.5, 0.6) is 0 Å². The lowest BCUT2D eigenvalue weighted by Gasteiger charge is -2.43. The Labute approximate surface area is 182 Å². The minimum Gasteiger partial charge on any atom is -0.444 e. The number of rotatable bonds is 4. The van der Waals surface area contributed by atoms with E-state index in [0.717, 1.165) is 5.56 Å². The van der Waals surface area contributed by atoms with Crippen LogP contribution in [0.3, 0.4) is 0 Å². The second kappa shape index (κ2) is 10.8. The van der Waals surface area contributed by atoms with Gasteiger partial charge in [-0.3, -0.25) is 5.32 Å². The molecule has 0 heterocycles.